The molecule has 22 heavy (non-hydrogen) atoms. The molecule has 0 unspecified atom stereocenters. The van der Waals surface area contributed by atoms with E-state index in [0.717, 1.165) is 16.5 Å². The predicted molar refractivity (Wildman–Crippen MR) is 87.5 cm³/mol. The molecule has 1 aromatic carbocycles. The monoisotopic (exact) mass is 301 g/mol. The molecule has 0 aliphatic heterocycles. The minimum Gasteiger partial charge on any atom is -0.361 e. The van der Waals surface area contributed by atoms with Crippen molar-refractivity contribution in [3.63, 3.8) is 0 Å². The van der Waals surface area contributed by atoms with Crippen molar-refractivity contribution in [3.05, 3.63) is 36.0 Å². The largest absolute Gasteiger partial charge is 0.361 e. The molecule has 2 rings (SSSR count). The Balaban J connectivity index is 1.98. The Bertz CT molecular complexity index is 683. The normalized spacial score (nSPS) is 11.5. The third-order valence-corrected chi connectivity index (χ3v) is 3.34. The van der Waals surface area contributed by atoms with Gasteiger partial charge in [-0.15, -0.1) is 0 Å². The number of fused-ring (bicyclic) bond motifs is 1. The maximum Gasteiger partial charge on any atom is 0.240 e. The van der Waals surface area contributed by atoms with Gasteiger partial charge in [0.25, 0.3) is 0 Å². The number of amides is 2. The highest BCUT2D eigenvalue weighted by atomic mass is 16.2. The van der Waals surface area contributed by atoms with Gasteiger partial charge in [-0.2, -0.15) is 0 Å². The van der Waals surface area contributed by atoms with Crippen LogP contribution in [0, 0.1) is 0 Å². The highest BCUT2D eigenvalue weighted by Crippen LogP contribution is 2.18. The number of aromatic amines is 1. The average Bonchev–Trinajstić information content (AvgIpc) is 2.80. The molecule has 118 valence electrons. The first-order valence-corrected chi connectivity index (χ1v) is 7.36. The Morgan fingerprint density at radius 2 is 1.91 bits per heavy atom. The number of hydrogen-bond acceptors (Lipinski definition) is 2. The number of likely N-dealkylation sites (N-methyl/N-ethyl adjacent to an activating group) is 1. The Labute approximate surface area is 130 Å². The fourth-order valence-corrected chi connectivity index (χ4v) is 2.34. The number of aromatic nitrogens is 1. The van der Waals surface area contributed by atoms with Crippen molar-refractivity contribution in [2.75, 3.05) is 13.6 Å². The van der Waals surface area contributed by atoms with Crippen molar-refractivity contribution in [2.24, 2.45) is 0 Å². The van der Waals surface area contributed by atoms with Crippen LogP contribution in [0.4, 0.5) is 0 Å². The average molecular weight is 301 g/mol. The van der Waals surface area contributed by atoms with E-state index in [-0.39, 0.29) is 30.3 Å². The molecule has 0 atom stereocenters. The summed E-state index contributed by atoms with van der Waals surface area (Å²) in [4.78, 5) is 28.8. The third kappa shape index (κ3) is 4.10. The minimum absolute atomic E-state index is 0.0679. The Kier molecular flexibility index (Phi) is 4.54. The number of benzene rings is 1. The van der Waals surface area contributed by atoms with Crippen LogP contribution in [-0.2, 0) is 16.0 Å². The fourth-order valence-electron chi connectivity index (χ4n) is 2.34. The first-order valence-electron chi connectivity index (χ1n) is 7.36. The zero-order valence-corrected chi connectivity index (χ0v) is 13.6. The number of para-hydroxylation sites is 1. The Morgan fingerprint density at radius 3 is 2.59 bits per heavy atom. The lowest BCUT2D eigenvalue weighted by Crippen LogP contribution is -2.46. The van der Waals surface area contributed by atoms with Crippen LogP contribution in [0.25, 0.3) is 10.9 Å². The van der Waals surface area contributed by atoms with Crippen LogP contribution in [0.2, 0.25) is 0 Å². The Hall–Kier alpha value is -2.30. The summed E-state index contributed by atoms with van der Waals surface area (Å²) in [6.07, 6.45) is 2.13. The SMILES string of the molecule is CN(CC(=O)NC(C)(C)C)C(=O)Cc1c[nH]c2ccccc12. The third-order valence-electron chi connectivity index (χ3n) is 3.34. The van der Waals surface area contributed by atoms with Gasteiger partial charge in [0.1, 0.15) is 0 Å². The number of rotatable bonds is 4. The summed E-state index contributed by atoms with van der Waals surface area (Å²) in [6, 6.07) is 7.86. The van der Waals surface area contributed by atoms with Crippen LogP contribution in [-0.4, -0.2) is 40.8 Å². The maximum absolute atomic E-state index is 12.3. The zero-order chi connectivity index (χ0) is 16.3. The molecule has 0 spiro atoms. The molecule has 0 aliphatic carbocycles. The van der Waals surface area contributed by atoms with Gasteiger partial charge in [0.2, 0.25) is 11.8 Å². The molecule has 1 aromatic heterocycles. The summed E-state index contributed by atoms with van der Waals surface area (Å²) in [5, 5.41) is 3.90. The summed E-state index contributed by atoms with van der Waals surface area (Å²) in [5.41, 5.74) is 1.67. The van der Waals surface area contributed by atoms with Crippen molar-refractivity contribution in [1.29, 1.82) is 0 Å². The van der Waals surface area contributed by atoms with Gasteiger partial charge < -0.3 is 15.2 Å². The van der Waals surface area contributed by atoms with Crippen LogP contribution >= 0.6 is 0 Å². The van der Waals surface area contributed by atoms with Crippen LogP contribution in [0.5, 0.6) is 0 Å². The maximum atomic E-state index is 12.3. The topological polar surface area (TPSA) is 65.2 Å². The van der Waals surface area contributed by atoms with Crippen LogP contribution in [0.3, 0.4) is 0 Å². The summed E-state index contributed by atoms with van der Waals surface area (Å²) >= 11 is 0. The molecule has 2 aromatic rings. The molecular formula is C17H23N3O2. The molecule has 0 saturated heterocycles. The second-order valence-corrected chi connectivity index (χ2v) is 6.58. The van der Waals surface area contributed by atoms with E-state index >= 15 is 0 Å². The van der Waals surface area contributed by atoms with E-state index < -0.39 is 0 Å². The van der Waals surface area contributed by atoms with Crippen molar-refractivity contribution < 1.29 is 9.59 Å². The number of H-pyrrole nitrogens is 1. The first-order chi connectivity index (χ1) is 10.3. The number of nitrogens with one attached hydrogen (secondary N) is 2. The molecule has 2 amide bonds. The minimum atomic E-state index is -0.294. The summed E-state index contributed by atoms with van der Waals surface area (Å²) in [5.74, 6) is -0.226. The van der Waals surface area contributed by atoms with Crippen molar-refractivity contribution in [3.8, 4) is 0 Å². The highest BCUT2D eigenvalue weighted by Gasteiger charge is 2.18. The van der Waals surface area contributed by atoms with E-state index in [4.69, 9.17) is 0 Å². The van der Waals surface area contributed by atoms with Gasteiger partial charge in [-0.25, -0.2) is 0 Å². The molecule has 0 bridgehead atoms. The van der Waals surface area contributed by atoms with Crippen LogP contribution in [0.1, 0.15) is 26.3 Å². The van der Waals surface area contributed by atoms with Crippen LogP contribution < -0.4 is 5.32 Å². The lowest BCUT2D eigenvalue weighted by Gasteiger charge is -2.23. The number of hydrogen-bond donors (Lipinski definition) is 2. The highest BCUT2D eigenvalue weighted by molar-refractivity contribution is 5.90. The summed E-state index contributed by atoms with van der Waals surface area (Å²) in [6.45, 7) is 5.81. The van der Waals surface area contributed by atoms with Gasteiger partial charge in [-0.3, -0.25) is 9.59 Å². The number of carbonyl (C=O) groups is 2. The van der Waals surface area contributed by atoms with Gasteiger partial charge in [0.05, 0.1) is 13.0 Å². The second kappa shape index (κ2) is 6.22. The van der Waals surface area contributed by atoms with Crippen molar-refractivity contribution in [2.45, 2.75) is 32.7 Å². The Morgan fingerprint density at radius 1 is 1.23 bits per heavy atom. The summed E-state index contributed by atoms with van der Waals surface area (Å²) < 4.78 is 0. The van der Waals surface area contributed by atoms with E-state index in [9.17, 15) is 9.59 Å². The van der Waals surface area contributed by atoms with Crippen LogP contribution in [0.15, 0.2) is 30.5 Å². The van der Waals surface area contributed by atoms with Crippen molar-refractivity contribution >= 4 is 22.7 Å². The second-order valence-electron chi connectivity index (χ2n) is 6.58. The first kappa shape index (κ1) is 16.1. The van der Waals surface area contributed by atoms with Gasteiger partial charge in [0.15, 0.2) is 0 Å². The molecule has 0 fully saturated rings. The molecule has 0 saturated carbocycles. The van der Waals surface area contributed by atoms with Gasteiger partial charge in [0, 0.05) is 29.7 Å². The molecule has 2 N–H and O–H groups in total. The lowest BCUT2D eigenvalue weighted by molar-refractivity contribution is -0.134. The predicted octanol–water partition coefficient (Wildman–Crippen LogP) is 2.08. The van der Waals surface area contributed by atoms with Gasteiger partial charge in [-0.1, -0.05) is 18.2 Å². The molecule has 0 aliphatic rings. The summed E-state index contributed by atoms with van der Waals surface area (Å²) in [7, 11) is 1.65. The van der Waals surface area contributed by atoms with Crippen molar-refractivity contribution in [1.82, 2.24) is 15.2 Å². The number of carbonyl (C=O) groups excluding carboxylic acids is 2. The molecule has 5 nitrogen and oxygen atoms in total. The molecule has 5 heteroatoms. The molecule has 1 heterocycles. The molecular weight excluding hydrogens is 278 g/mol. The quantitative estimate of drug-likeness (QED) is 0.908. The van der Waals surface area contributed by atoms with E-state index in [1.807, 2.05) is 51.2 Å². The molecule has 0 radical (unpaired) electrons. The standard InChI is InChI=1S/C17H23N3O2/c1-17(2,3)19-15(21)11-20(4)16(22)9-12-10-18-14-8-6-5-7-13(12)14/h5-8,10,18H,9,11H2,1-4H3,(H,19,21). The van der Waals surface area contributed by atoms with E-state index in [1.54, 1.807) is 7.05 Å². The van der Waals surface area contributed by atoms with Gasteiger partial charge in [-0.05, 0) is 32.4 Å². The van der Waals surface area contributed by atoms with E-state index in [2.05, 4.69) is 10.3 Å². The number of nitrogens with zero attached hydrogens (tertiary/aromatic N) is 1. The fraction of sp³-hybridized carbons (Fsp3) is 0.412. The zero-order valence-electron chi connectivity index (χ0n) is 13.6. The van der Waals surface area contributed by atoms with Gasteiger partial charge >= 0.3 is 0 Å². The lowest BCUT2D eigenvalue weighted by atomic mass is 10.1. The van der Waals surface area contributed by atoms with E-state index in [1.165, 1.54) is 4.90 Å². The van der Waals surface area contributed by atoms with E-state index in [0.29, 0.717) is 0 Å². The smallest absolute Gasteiger partial charge is 0.240 e.